The number of halogens is 3. The number of hydrogen-bond donors (Lipinski definition) is 4. The molecule has 0 radical (unpaired) electrons. The molecule has 0 aliphatic carbocycles. The van der Waals surface area contributed by atoms with Crippen molar-refractivity contribution in [3.63, 3.8) is 0 Å². The highest BCUT2D eigenvalue weighted by Crippen LogP contribution is 2.27. The van der Waals surface area contributed by atoms with Gasteiger partial charge in [0.1, 0.15) is 24.6 Å². The van der Waals surface area contributed by atoms with Gasteiger partial charge in [-0.05, 0) is 24.3 Å². The van der Waals surface area contributed by atoms with Crippen molar-refractivity contribution in [1.82, 2.24) is 25.5 Å². The van der Waals surface area contributed by atoms with E-state index in [1.165, 1.54) is 24.4 Å². The first-order chi connectivity index (χ1) is 15.5. The van der Waals surface area contributed by atoms with Gasteiger partial charge in [0.2, 0.25) is 5.91 Å². The Hall–Kier alpha value is -4.07. The summed E-state index contributed by atoms with van der Waals surface area (Å²) in [5.41, 5.74) is -0.754. The zero-order chi connectivity index (χ0) is 24.2. The minimum atomic E-state index is -3.60. The van der Waals surface area contributed by atoms with E-state index in [2.05, 4.69) is 20.3 Å². The van der Waals surface area contributed by atoms with Crippen LogP contribution in [0.2, 0.25) is 0 Å². The summed E-state index contributed by atoms with van der Waals surface area (Å²) < 4.78 is 42.2. The van der Waals surface area contributed by atoms with Crippen molar-refractivity contribution in [1.29, 1.82) is 0 Å². The lowest BCUT2D eigenvalue weighted by Crippen LogP contribution is -2.60. The van der Waals surface area contributed by atoms with Crippen molar-refractivity contribution in [2.75, 3.05) is 13.1 Å². The van der Waals surface area contributed by atoms with Crippen molar-refractivity contribution in [2.45, 2.75) is 18.3 Å². The molecule has 33 heavy (non-hydrogen) atoms. The fourth-order valence-corrected chi connectivity index (χ4v) is 2.79. The molecular formula is C19H17F3N6O5. The monoisotopic (exact) mass is 467 g/mol. The highest BCUT2D eigenvalue weighted by molar-refractivity contribution is 6.41. The second-order valence-corrected chi connectivity index (χ2v) is 6.79. The molecule has 1 aliphatic heterocycles. The third-order valence-corrected chi connectivity index (χ3v) is 4.49. The van der Waals surface area contributed by atoms with Gasteiger partial charge in [0.25, 0.3) is 5.91 Å². The van der Waals surface area contributed by atoms with Gasteiger partial charge in [-0.25, -0.2) is 9.18 Å². The molecule has 1 atom stereocenters. The maximum atomic E-state index is 14.3. The number of aliphatic imine (C=N–C) groups is 1. The second kappa shape index (κ2) is 9.20. The van der Waals surface area contributed by atoms with E-state index in [1.54, 1.807) is 0 Å². The molecule has 3 rings (SSSR count). The Balaban J connectivity index is 1.73. The van der Waals surface area contributed by atoms with Crippen molar-refractivity contribution in [3.05, 3.63) is 59.9 Å². The largest absolute Gasteiger partial charge is 0.476 e. The highest BCUT2D eigenvalue weighted by atomic mass is 19.3. The van der Waals surface area contributed by atoms with Gasteiger partial charge in [-0.2, -0.15) is 8.78 Å². The Kier molecular flexibility index (Phi) is 6.57. The van der Waals surface area contributed by atoms with Crippen LogP contribution in [0.5, 0.6) is 0 Å². The molecule has 11 nitrogen and oxygen atoms in total. The summed E-state index contributed by atoms with van der Waals surface area (Å²) in [5.74, 6) is -12.6. The van der Waals surface area contributed by atoms with Gasteiger partial charge in [0.05, 0.1) is 12.2 Å². The summed E-state index contributed by atoms with van der Waals surface area (Å²) in [6, 6.07) is 6.22. The van der Waals surface area contributed by atoms with Gasteiger partial charge < -0.3 is 20.8 Å². The Bertz CT molecular complexity index is 1100. The standard InChI is InChI=1S/C19H17F3N6O5/c20-11-4-3-7-23-12(11)8-25-14(29)9-28-16(30)15(27-19(28,33)17(31)32)26-10-18(21,22)13-5-1-2-6-24-13/h1-7,33H,8-10H2,(H,25,29)(H,26,27)(H,31,32)/i19+1. The normalized spacial score (nSPS) is 19.5. The number of nitrogens with zero attached hydrogens (tertiary/aromatic N) is 4. The number of carbonyl (C=O) groups is 3. The van der Waals surface area contributed by atoms with E-state index in [0.29, 0.717) is 0 Å². The Morgan fingerprint density at radius 2 is 1.94 bits per heavy atom. The number of hydrogen-bond acceptors (Lipinski definition) is 7. The smallest absolute Gasteiger partial charge is 0.380 e. The molecule has 1 aliphatic rings. The lowest BCUT2D eigenvalue weighted by atomic mass is 10.2. The molecule has 0 spiro atoms. The molecule has 1 unspecified atom stereocenters. The van der Waals surface area contributed by atoms with Crippen LogP contribution < -0.4 is 10.6 Å². The van der Waals surface area contributed by atoms with Crippen LogP contribution in [-0.2, 0) is 26.9 Å². The van der Waals surface area contributed by atoms with Crippen LogP contribution in [0.25, 0.3) is 0 Å². The fourth-order valence-electron chi connectivity index (χ4n) is 2.79. The van der Waals surface area contributed by atoms with Crippen molar-refractivity contribution in [3.8, 4) is 0 Å². The maximum Gasteiger partial charge on any atom is 0.380 e. The van der Waals surface area contributed by atoms with E-state index in [-0.39, 0.29) is 17.1 Å². The molecule has 0 aromatic carbocycles. The first-order valence-electron chi connectivity index (χ1n) is 9.30. The van der Waals surface area contributed by atoms with E-state index >= 15 is 0 Å². The van der Waals surface area contributed by atoms with E-state index in [0.717, 1.165) is 18.3 Å². The lowest BCUT2D eigenvalue weighted by Gasteiger charge is -2.27. The van der Waals surface area contributed by atoms with Gasteiger partial charge in [-0.15, -0.1) is 0 Å². The van der Waals surface area contributed by atoms with Crippen molar-refractivity contribution >= 4 is 23.6 Å². The molecule has 14 heteroatoms. The minimum Gasteiger partial charge on any atom is -0.476 e. The number of alkyl halides is 2. The molecule has 1 saturated heterocycles. The van der Waals surface area contributed by atoms with Crippen molar-refractivity contribution in [2.24, 2.45) is 4.99 Å². The van der Waals surface area contributed by atoms with E-state index in [1.807, 2.05) is 5.32 Å². The van der Waals surface area contributed by atoms with Gasteiger partial charge in [0.15, 0.2) is 5.84 Å². The van der Waals surface area contributed by atoms with Crippen LogP contribution in [0.1, 0.15) is 11.4 Å². The predicted octanol–water partition coefficient (Wildman–Crippen LogP) is -0.415. The van der Waals surface area contributed by atoms with Crippen molar-refractivity contribution < 1.29 is 37.8 Å². The highest BCUT2D eigenvalue weighted by Gasteiger charge is 2.55. The third kappa shape index (κ3) is 5.06. The predicted molar refractivity (Wildman–Crippen MR) is 104 cm³/mol. The zero-order valence-electron chi connectivity index (χ0n) is 16.7. The van der Waals surface area contributed by atoms with Crippen LogP contribution in [0.4, 0.5) is 13.2 Å². The maximum absolute atomic E-state index is 14.3. The number of rotatable bonds is 8. The number of amidine groups is 1. The molecule has 2 amide bonds. The number of aromatic nitrogens is 2. The van der Waals surface area contributed by atoms with E-state index < -0.39 is 60.0 Å². The number of aliphatic hydroxyl groups is 1. The van der Waals surface area contributed by atoms with Crippen LogP contribution >= 0.6 is 0 Å². The van der Waals surface area contributed by atoms with Gasteiger partial charge in [-0.1, -0.05) is 6.07 Å². The minimum absolute atomic E-state index is 0.121. The van der Waals surface area contributed by atoms with Crippen LogP contribution in [0, 0.1) is 5.82 Å². The summed E-state index contributed by atoms with van der Waals surface area (Å²) in [7, 11) is 0. The summed E-state index contributed by atoms with van der Waals surface area (Å²) in [6.45, 7) is -2.67. The third-order valence-electron chi connectivity index (χ3n) is 4.49. The number of amides is 2. The number of carboxylic acid groups (broad SMARTS) is 1. The number of carboxylic acids is 1. The number of nitrogens with one attached hydrogen (secondary N) is 2. The van der Waals surface area contributed by atoms with Gasteiger partial charge in [-0.3, -0.25) is 29.4 Å². The molecule has 4 N–H and O–H groups in total. The molecule has 2 aromatic heterocycles. The molecule has 3 heterocycles. The molecular weight excluding hydrogens is 450 g/mol. The fraction of sp³-hybridized carbons (Fsp3) is 0.263. The van der Waals surface area contributed by atoms with Gasteiger partial charge in [0, 0.05) is 12.4 Å². The van der Waals surface area contributed by atoms with E-state index in [9.17, 15) is 37.8 Å². The topological polar surface area (TPSA) is 157 Å². The Labute approximate surface area is 184 Å². The average Bonchev–Trinajstić information content (AvgIpc) is 3.03. The van der Waals surface area contributed by atoms with Crippen LogP contribution in [0.3, 0.4) is 0 Å². The lowest BCUT2D eigenvalue weighted by molar-refractivity contribution is -0.184. The average molecular weight is 467 g/mol. The molecule has 2 aromatic rings. The van der Waals surface area contributed by atoms with Gasteiger partial charge >= 0.3 is 17.7 Å². The van der Waals surface area contributed by atoms with Crippen LogP contribution in [0.15, 0.2) is 47.7 Å². The number of carbonyl (C=O) groups excluding carboxylic acids is 2. The summed E-state index contributed by atoms with van der Waals surface area (Å²) in [5, 5.41) is 23.8. The first kappa shape index (κ1) is 23.6. The summed E-state index contributed by atoms with van der Waals surface area (Å²) >= 11 is 0. The zero-order valence-corrected chi connectivity index (χ0v) is 16.7. The van der Waals surface area contributed by atoms with Crippen LogP contribution in [-0.4, -0.2) is 67.6 Å². The summed E-state index contributed by atoms with van der Waals surface area (Å²) in [4.78, 5) is 47.1. The number of pyridine rings is 2. The molecule has 0 bridgehead atoms. The second-order valence-electron chi connectivity index (χ2n) is 6.79. The quantitative estimate of drug-likeness (QED) is 0.382. The molecule has 1 fully saturated rings. The number of aliphatic carboxylic acids is 1. The van der Waals surface area contributed by atoms with E-state index in [4.69, 9.17) is 0 Å². The molecule has 174 valence electrons. The Morgan fingerprint density at radius 3 is 2.58 bits per heavy atom. The SMILES string of the molecule is O=C(CN1C(=O)C(=NCC(F)(F)c2ccccn2)N[13C]1(O)C(=O)O)NCc1ncccc1F. The molecule has 0 saturated carbocycles. The Morgan fingerprint density at radius 1 is 1.21 bits per heavy atom. The summed E-state index contributed by atoms with van der Waals surface area (Å²) in [6.07, 6.45) is 2.42. The first-order valence-corrected chi connectivity index (χ1v) is 9.30.